The lowest BCUT2D eigenvalue weighted by molar-refractivity contribution is 0.196. The Bertz CT molecular complexity index is 208. The molecule has 0 amide bonds. The lowest BCUT2D eigenvalue weighted by Crippen LogP contribution is -2.42. The summed E-state index contributed by atoms with van der Waals surface area (Å²) in [6.45, 7) is 11.6. The van der Waals surface area contributed by atoms with Crippen molar-refractivity contribution in [3.8, 4) is 0 Å². The Morgan fingerprint density at radius 1 is 1.18 bits per heavy atom. The van der Waals surface area contributed by atoms with Crippen LogP contribution in [-0.2, 0) is 0 Å². The second-order valence-corrected chi connectivity index (χ2v) is 5.87. The largest absolute Gasteiger partial charge is 0.396 e. The molecule has 102 valence electrons. The van der Waals surface area contributed by atoms with E-state index in [1.807, 2.05) is 0 Å². The summed E-state index contributed by atoms with van der Waals surface area (Å²) in [6.07, 6.45) is 3.79. The number of rotatable bonds is 5. The quantitative estimate of drug-likeness (QED) is 0.772. The van der Waals surface area contributed by atoms with E-state index in [4.69, 9.17) is 5.11 Å². The van der Waals surface area contributed by atoms with Crippen molar-refractivity contribution in [2.45, 2.75) is 65.1 Å². The fourth-order valence-corrected chi connectivity index (χ4v) is 2.50. The third-order valence-corrected chi connectivity index (χ3v) is 4.13. The van der Waals surface area contributed by atoms with Gasteiger partial charge in [0.15, 0.2) is 0 Å². The Morgan fingerprint density at radius 3 is 2.47 bits per heavy atom. The number of nitrogens with zero attached hydrogens (tertiary/aromatic N) is 1. The molecule has 0 bridgehead atoms. The van der Waals surface area contributed by atoms with Crippen LogP contribution in [0.15, 0.2) is 0 Å². The molecule has 1 saturated heterocycles. The summed E-state index contributed by atoms with van der Waals surface area (Å²) < 4.78 is 0. The smallest absolute Gasteiger partial charge is 0.0471 e. The molecule has 1 rings (SSSR count). The van der Waals surface area contributed by atoms with Crippen LogP contribution >= 0.6 is 0 Å². The molecule has 0 saturated carbocycles. The van der Waals surface area contributed by atoms with Gasteiger partial charge in [-0.2, -0.15) is 0 Å². The van der Waals surface area contributed by atoms with E-state index in [1.54, 1.807) is 0 Å². The minimum atomic E-state index is 0.277. The Kier molecular flexibility index (Phi) is 6.45. The van der Waals surface area contributed by atoms with Crippen molar-refractivity contribution in [2.24, 2.45) is 5.92 Å². The predicted octanol–water partition coefficient (Wildman–Crippen LogP) is 1.86. The van der Waals surface area contributed by atoms with Gasteiger partial charge in [0, 0.05) is 24.7 Å². The molecule has 0 aromatic heterocycles. The Hall–Kier alpha value is -0.120. The Morgan fingerprint density at radius 2 is 1.88 bits per heavy atom. The maximum absolute atomic E-state index is 9.16. The highest BCUT2D eigenvalue weighted by molar-refractivity contribution is 4.80. The van der Waals surface area contributed by atoms with Crippen molar-refractivity contribution < 1.29 is 5.11 Å². The topological polar surface area (TPSA) is 35.5 Å². The predicted molar refractivity (Wildman–Crippen MR) is 73.2 cm³/mol. The van der Waals surface area contributed by atoms with E-state index < -0.39 is 0 Å². The van der Waals surface area contributed by atoms with Crippen molar-refractivity contribution in [1.82, 2.24) is 10.2 Å². The lowest BCUT2D eigenvalue weighted by Gasteiger charge is -2.27. The Labute approximate surface area is 107 Å². The van der Waals surface area contributed by atoms with Crippen LogP contribution in [0.25, 0.3) is 0 Å². The molecule has 3 unspecified atom stereocenters. The number of nitrogens with one attached hydrogen (secondary N) is 1. The van der Waals surface area contributed by atoms with E-state index in [9.17, 15) is 0 Å². The van der Waals surface area contributed by atoms with Gasteiger partial charge in [0.05, 0.1) is 0 Å². The third-order valence-electron chi connectivity index (χ3n) is 4.13. The van der Waals surface area contributed by atoms with Crippen molar-refractivity contribution in [3.63, 3.8) is 0 Å². The van der Waals surface area contributed by atoms with Gasteiger partial charge in [0.1, 0.15) is 0 Å². The fraction of sp³-hybridized carbons (Fsp3) is 1.00. The second-order valence-electron chi connectivity index (χ2n) is 5.87. The van der Waals surface area contributed by atoms with Crippen LogP contribution in [0.3, 0.4) is 0 Å². The minimum absolute atomic E-state index is 0.277. The van der Waals surface area contributed by atoms with E-state index in [1.165, 1.54) is 32.4 Å². The molecule has 3 heteroatoms. The average Bonchev–Trinajstić information content (AvgIpc) is 2.53. The number of hydrogen-bond donors (Lipinski definition) is 2. The summed E-state index contributed by atoms with van der Waals surface area (Å²) in [5, 5.41) is 12.8. The molecule has 0 aliphatic carbocycles. The van der Waals surface area contributed by atoms with E-state index in [2.05, 4.69) is 37.9 Å². The van der Waals surface area contributed by atoms with Crippen molar-refractivity contribution in [1.29, 1.82) is 0 Å². The third kappa shape index (κ3) is 4.94. The monoisotopic (exact) mass is 242 g/mol. The van der Waals surface area contributed by atoms with Gasteiger partial charge in [0.2, 0.25) is 0 Å². The van der Waals surface area contributed by atoms with E-state index in [-0.39, 0.29) is 6.61 Å². The van der Waals surface area contributed by atoms with Gasteiger partial charge in [0.25, 0.3) is 0 Å². The number of hydrogen-bond acceptors (Lipinski definition) is 3. The summed E-state index contributed by atoms with van der Waals surface area (Å²) in [4.78, 5) is 2.57. The fourth-order valence-electron chi connectivity index (χ4n) is 2.50. The van der Waals surface area contributed by atoms with Gasteiger partial charge < -0.3 is 15.3 Å². The van der Waals surface area contributed by atoms with E-state index in [0.29, 0.717) is 24.0 Å². The number of aliphatic hydroxyl groups excluding tert-OH is 1. The van der Waals surface area contributed by atoms with Crippen molar-refractivity contribution >= 4 is 0 Å². The first-order valence-corrected chi connectivity index (χ1v) is 7.15. The van der Waals surface area contributed by atoms with Crippen molar-refractivity contribution in [2.75, 3.05) is 19.7 Å². The highest BCUT2D eigenvalue weighted by Crippen LogP contribution is 2.15. The summed E-state index contributed by atoms with van der Waals surface area (Å²) >= 11 is 0. The van der Waals surface area contributed by atoms with E-state index >= 15 is 0 Å². The molecule has 1 aliphatic rings. The molecule has 0 aromatic rings. The molecule has 1 heterocycles. The van der Waals surface area contributed by atoms with Crippen LogP contribution in [0, 0.1) is 5.92 Å². The van der Waals surface area contributed by atoms with Crippen molar-refractivity contribution in [3.05, 3.63) is 0 Å². The first-order valence-electron chi connectivity index (χ1n) is 7.15. The normalized spacial score (nSPS) is 26.8. The van der Waals surface area contributed by atoms with Gasteiger partial charge in [-0.25, -0.2) is 0 Å². The summed E-state index contributed by atoms with van der Waals surface area (Å²) in [5.41, 5.74) is 0. The van der Waals surface area contributed by atoms with Gasteiger partial charge in [-0.3, -0.25) is 0 Å². The van der Waals surface area contributed by atoms with Crippen LogP contribution < -0.4 is 5.32 Å². The molecule has 0 radical (unpaired) electrons. The molecular formula is C14H30N2O. The lowest BCUT2D eigenvalue weighted by atomic mass is 10.0. The molecule has 0 aromatic carbocycles. The highest BCUT2D eigenvalue weighted by Gasteiger charge is 2.21. The highest BCUT2D eigenvalue weighted by atomic mass is 16.3. The zero-order chi connectivity index (χ0) is 12.8. The summed E-state index contributed by atoms with van der Waals surface area (Å²) in [6, 6.07) is 1.71. The summed E-state index contributed by atoms with van der Waals surface area (Å²) in [7, 11) is 0. The zero-order valence-corrected chi connectivity index (χ0v) is 11.9. The maximum atomic E-state index is 9.16. The Balaban J connectivity index is 2.36. The molecular weight excluding hydrogens is 212 g/mol. The van der Waals surface area contributed by atoms with Crippen LogP contribution in [0.4, 0.5) is 0 Å². The van der Waals surface area contributed by atoms with Crippen LogP contribution in [0.2, 0.25) is 0 Å². The second kappa shape index (κ2) is 7.34. The molecule has 3 nitrogen and oxygen atoms in total. The van der Waals surface area contributed by atoms with Gasteiger partial charge in [-0.1, -0.05) is 6.92 Å². The van der Waals surface area contributed by atoms with Crippen LogP contribution in [0.5, 0.6) is 0 Å². The first kappa shape index (κ1) is 14.9. The standard InChI is InChI=1S/C14H30N2O/c1-11(2)16-8-5-6-14(7-9-16)15-13(4)12(3)10-17/h11-15,17H,5-10H2,1-4H3. The van der Waals surface area contributed by atoms with Crippen LogP contribution in [0.1, 0.15) is 47.0 Å². The number of likely N-dealkylation sites (tertiary alicyclic amines) is 1. The zero-order valence-electron chi connectivity index (χ0n) is 11.9. The minimum Gasteiger partial charge on any atom is -0.396 e. The molecule has 0 spiro atoms. The van der Waals surface area contributed by atoms with E-state index in [0.717, 1.165) is 0 Å². The average molecular weight is 242 g/mol. The van der Waals surface area contributed by atoms with Gasteiger partial charge in [-0.05, 0) is 59.0 Å². The number of aliphatic hydroxyl groups is 1. The summed E-state index contributed by atoms with van der Waals surface area (Å²) in [5.74, 6) is 0.347. The van der Waals surface area contributed by atoms with Crippen LogP contribution in [-0.4, -0.2) is 47.8 Å². The molecule has 1 fully saturated rings. The van der Waals surface area contributed by atoms with Gasteiger partial charge in [-0.15, -0.1) is 0 Å². The SMILES string of the molecule is CC(CO)C(C)NC1CCCN(C(C)C)CC1. The molecule has 17 heavy (non-hydrogen) atoms. The molecule has 1 aliphatic heterocycles. The first-order chi connectivity index (χ1) is 8.04. The molecule has 2 N–H and O–H groups in total. The molecule has 3 atom stereocenters. The van der Waals surface area contributed by atoms with Gasteiger partial charge >= 0.3 is 0 Å². The maximum Gasteiger partial charge on any atom is 0.0471 e.